The third kappa shape index (κ3) is 3.61. The van der Waals surface area contributed by atoms with Crippen LogP contribution in [0.5, 0.6) is 0 Å². The molecule has 0 aliphatic carbocycles. The van der Waals surface area contributed by atoms with E-state index in [1.165, 1.54) is 20.3 Å². The van der Waals surface area contributed by atoms with Crippen LogP contribution in [-0.2, 0) is 19.1 Å². The molecule has 0 amide bonds. The SMILES string of the molecule is C=C=CCC(CC(=C)C)(C(=O)OC)C(=O)OC. The van der Waals surface area contributed by atoms with Crippen molar-refractivity contribution in [1.82, 2.24) is 0 Å². The Balaban J connectivity index is 5.49. The van der Waals surface area contributed by atoms with Crippen molar-refractivity contribution in [2.75, 3.05) is 14.2 Å². The van der Waals surface area contributed by atoms with E-state index in [0.29, 0.717) is 5.57 Å². The molecule has 0 heterocycles. The number of methoxy groups -OCH3 is 2. The Morgan fingerprint density at radius 1 is 1.29 bits per heavy atom. The van der Waals surface area contributed by atoms with Crippen LogP contribution in [0.15, 0.2) is 30.5 Å². The van der Waals surface area contributed by atoms with E-state index in [2.05, 4.69) is 28.4 Å². The predicted molar refractivity (Wildman–Crippen MR) is 64.2 cm³/mol. The van der Waals surface area contributed by atoms with Gasteiger partial charge in [-0.2, -0.15) is 0 Å². The lowest BCUT2D eigenvalue weighted by Crippen LogP contribution is -2.41. The van der Waals surface area contributed by atoms with E-state index < -0.39 is 17.4 Å². The summed E-state index contributed by atoms with van der Waals surface area (Å²) in [6, 6.07) is 0. The van der Waals surface area contributed by atoms with Crippen LogP contribution in [0.2, 0.25) is 0 Å². The van der Waals surface area contributed by atoms with Gasteiger partial charge in [-0.3, -0.25) is 9.59 Å². The van der Waals surface area contributed by atoms with Crippen molar-refractivity contribution in [3.8, 4) is 0 Å². The van der Waals surface area contributed by atoms with Crippen LogP contribution in [-0.4, -0.2) is 26.2 Å². The molecular formula is C13H18O4. The molecule has 17 heavy (non-hydrogen) atoms. The van der Waals surface area contributed by atoms with Crippen LogP contribution >= 0.6 is 0 Å². The summed E-state index contributed by atoms with van der Waals surface area (Å²) in [4.78, 5) is 23.7. The number of carbonyl (C=O) groups excluding carboxylic acids is 2. The van der Waals surface area contributed by atoms with Crippen LogP contribution in [0, 0.1) is 5.41 Å². The summed E-state index contributed by atoms with van der Waals surface area (Å²) in [6.45, 7) is 8.86. The van der Waals surface area contributed by atoms with Gasteiger partial charge in [0.15, 0.2) is 5.41 Å². The van der Waals surface area contributed by atoms with Gasteiger partial charge in [-0.25, -0.2) is 0 Å². The summed E-state index contributed by atoms with van der Waals surface area (Å²) in [6.07, 6.45) is 1.81. The van der Waals surface area contributed by atoms with E-state index in [1.807, 2.05) is 0 Å². The molecule has 0 spiro atoms. The monoisotopic (exact) mass is 238 g/mol. The molecule has 0 aliphatic rings. The Morgan fingerprint density at radius 2 is 1.76 bits per heavy atom. The minimum atomic E-state index is -1.39. The van der Waals surface area contributed by atoms with E-state index in [-0.39, 0.29) is 12.8 Å². The molecule has 4 nitrogen and oxygen atoms in total. The van der Waals surface area contributed by atoms with Crippen molar-refractivity contribution in [3.05, 3.63) is 30.5 Å². The van der Waals surface area contributed by atoms with E-state index in [0.717, 1.165) is 0 Å². The average molecular weight is 238 g/mol. The number of rotatable bonds is 6. The third-order valence-corrected chi connectivity index (χ3v) is 2.35. The molecule has 0 fully saturated rings. The highest BCUT2D eigenvalue weighted by atomic mass is 16.5. The zero-order chi connectivity index (χ0) is 13.5. The second-order valence-electron chi connectivity index (χ2n) is 3.81. The molecule has 0 aromatic rings. The quantitative estimate of drug-likeness (QED) is 0.307. The van der Waals surface area contributed by atoms with Gasteiger partial charge in [-0.05, 0) is 25.8 Å². The van der Waals surface area contributed by atoms with E-state index in [4.69, 9.17) is 0 Å². The minimum absolute atomic E-state index is 0.128. The first kappa shape index (κ1) is 15.2. The van der Waals surface area contributed by atoms with Crippen LogP contribution in [0.4, 0.5) is 0 Å². The lowest BCUT2D eigenvalue weighted by atomic mass is 9.79. The second kappa shape index (κ2) is 6.71. The third-order valence-electron chi connectivity index (χ3n) is 2.35. The Morgan fingerprint density at radius 3 is 2.06 bits per heavy atom. The van der Waals surface area contributed by atoms with Crippen LogP contribution in [0.25, 0.3) is 0 Å². The number of allylic oxidation sites excluding steroid dienone is 2. The van der Waals surface area contributed by atoms with Crippen LogP contribution < -0.4 is 0 Å². The van der Waals surface area contributed by atoms with Gasteiger partial charge in [-0.15, -0.1) is 12.3 Å². The zero-order valence-electron chi connectivity index (χ0n) is 10.5. The maximum absolute atomic E-state index is 11.8. The highest BCUT2D eigenvalue weighted by Crippen LogP contribution is 2.33. The lowest BCUT2D eigenvalue weighted by Gasteiger charge is -2.26. The molecule has 0 saturated heterocycles. The topological polar surface area (TPSA) is 52.6 Å². The fourth-order valence-electron chi connectivity index (χ4n) is 1.62. The minimum Gasteiger partial charge on any atom is -0.468 e. The molecule has 4 heteroatoms. The Kier molecular flexibility index (Phi) is 6.00. The fraction of sp³-hybridized carbons (Fsp3) is 0.462. The van der Waals surface area contributed by atoms with E-state index in [1.54, 1.807) is 6.92 Å². The summed E-state index contributed by atoms with van der Waals surface area (Å²) in [5, 5.41) is 0. The van der Waals surface area contributed by atoms with Crippen LogP contribution in [0.3, 0.4) is 0 Å². The molecule has 0 unspecified atom stereocenters. The summed E-state index contributed by atoms with van der Waals surface area (Å²) < 4.78 is 9.38. The second-order valence-corrected chi connectivity index (χ2v) is 3.81. The Labute approximate surface area is 102 Å². The van der Waals surface area contributed by atoms with Gasteiger partial charge in [-0.1, -0.05) is 12.2 Å². The molecule has 0 aliphatic heterocycles. The average Bonchev–Trinajstić information content (AvgIpc) is 2.31. The van der Waals surface area contributed by atoms with Crippen molar-refractivity contribution >= 4 is 11.9 Å². The standard InChI is InChI=1S/C13H18O4/c1-6-7-8-13(9-10(2)3,11(14)16-4)12(15)17-5/h7H,1-2,8-9H2,3-5H3. The maximum atomic E-state index is 11.8. The molecule has 0 aromatic heterocycles. The zero-order valence-corrected chi connectivity index (χ0v) is 10.5. The maximum Gasteiger partial charge on any atom is 0.323 e. The first-order valence-corrected chi connectivity index (χ1v) is 5.10. The van der Waals surface area contributed by atoms with Crippen molar-refractivity contribution in [2.45, 2.75) is 19.8 Å². The summed E-state index contributed by atoms with van der Waals surface area (Å²) in [5.41, 5.74) is 1.84. The molecule has 0 rings (SSSR count). The molecule has 0 atom stereocenters. The van der Waals surface area contributed by atoms with Gasteiger partial charge in [0.1, 0.15) is 0 Å². The molecule has 0 saturated carbocycles. The van der Waals surface area contributed by atoms with Gasteiger partial charge in [0.05, 0.1) is 14.2 Å². The molecule has 0 bridgehead atoms. The molecule has 0 aromatic carbocycles. The lowest BCUT2D eigenvalue weighted by molar-refractivity contribution is -0.168. The molecule has 0 N–H and O–H groups in total. The molecule has 0 radical (unpaired) electrons. The Bertz CT molecular complexity index is 340. The number of hydrogen-bond acceptors (Lipinski definition) is 4. The first-order valence-electron chi connectivity index (χ1n) is 5.10. The van der Waals surface area contributed by atoms with Crippen molar-refractivity contribution in [3.63, 3.8) is 0 Å². The highest BCUT2D eigenvalue weighted by Gasteiger charge is 2.47. The molecule has 94 valence electrons. The van der Waals surface area contributed by atoms with Crippen LogP contribution in [0.1, 0.15) is 19.8 Å². The van der Waals surface area contributed by atoms with Gasteiger partial charge < -0.3 is 9.47 Å². The number of carbonyl (C=O) groups is 2. The van der Waals surface area contributed by atoms with Gasteiger partial charge in [0, 0.05) is 0 Å². The van der Waals surface area contributed by atoms with Crippen molar-refractivity contribution < 1.29 is 19.1 Å². The summed E-state index contributed by atoms with van der Waals surface area (Å²) in [5.74, 6) is -1.28. The number of esters is 2. The van der Waals surface area contributed by atoms with Crippen molar-refractivity contribution in [2.24, 2.45) is 5.41 Å². The predicted octanol–water partition coefficient (Wildman–Crippen LogP) is 2.02. The molecular weight excluding hydrogens is 220 g/mol. The van der Waals surface area contributed by atoms with Gasteiger partial charge >= 0.3 is 11.9 Å². The summed E-state index contributed by atoms with van der Waals surface area (Å²) in [7, 11) is 2.46. The number of hydrogen-bond donors (Lipinski definition) is 0. The first-order chi connectivity index (χ1) is 7.94. The Hall–Kier alpha value is -1.80. The smallest absolute Gasteiger partial charge is 0.323 e. The van der Waals surface area contributed by atoms with Gasteiger partial charge in [0.2, 0.25) is 0 Å². The largest absolute Gasteiger partial charge is 0.468 e. The summed E-state index contributed by atoms with van der Waals surface area (Å²) >= 11 is 0. The normalized spacial score (nSPS) is 10.1. The number of ether oxygens (including phenoxy) is 2. The highest BCUT2D eigenvalue weighted by molar-refractivity contribution is 6.00. The van der Waals surface area contributed by atoms with E-state index >= 15 is 0 Å². The van der Waals surface area contributed by atoms with E-state index in [9.17, 15) is 9.59 Å². The van der Waals surface area contributed by atoms with Gasteiger partial charge in [0.25, 0.3) is 0 Å². The van der Waals surface area contributed by atoms with Crippen molar-refractivity contribution in [1.29, 1.82) is 0 Å². The fourth-order valence-corrected chi connectivity index (χ4v) is 1.62.